The van der Waals surface area contributed by atoms with Gasteiger partial charge in [-0.3, -0.25) is 0 Å². The van der Waals surface area contributed by atoms with Crippen LogP contribution in [0.25, 0.3) is 0 Å². The van der Waals surface area contributed by atoms with Gasteiger partial charge in [0.15, 0.2) is 15.7 Å². The lowest BCUT2D eigenvalue weighted by Crippen LogP contribution is -2.10. The first-order chi connectivity index (χ1) is 9.72. The summed E-state index contributed by atoms with van der Waals surface area (Å²) in [6.07, 6.45) is 0. The Morgan fingerprint density at radius 3 is 2.57 bits per heavy atom. The number of carboxylic acid groups (broad SMARTS) is 1. The molecular weight excluding hydrogens is 343 g/mol. The zero-order chi connectivity index (χ0) is 15.8. The molecule has 2 rings (SSSR count). The van der Waals surface area contributed by atoms with Gasteiger partial charge in [0.05, 0.1) is 20.5 Å². The van der Waals surface area contributed by atoms with E-state index in [-0.39, 0.29) is 21.6 Å². The summed E-state index contributed by atoms with van der Waals surface area (Å²) >= 11 is 11.6. The van der Waals surface area contributed by atoms with E-state index >= 15 is 0 Å². The van der Waals surface area contributed by atoms with Crippen molar-refractivity contribution in [1.29, 1.82) is 0 Å². The maximum Gasteiger partial charge on any atom is 0.338 e. The average molecular weight is 351 g/mol. The predicted octanol–water partition coefficient (Wildman–Crippen LogP) is 2.36. The molecule has 0 spiro atoms. The van der Waals surface area contributed by atoms with Crippen molar-refractivity contribution in [1.82, 2.24) is 10.1 Å². The number of rotatable bonds is 4. The summed E-state index contributed by atoms with van der Waals surface area (Å²) in [7, 11) is -3.94. The van der Waals surface area contributed by atoms with E-state index in [9.17, 15) is 13.2 Å². The zero-order valence-electron chi connectivity index (χ0n) is 10.5. The minimum absolute atomic E-state index is 0.0459. The van der Waals surface area contributed by atoms with Gasteiger partial charge in [0.2, 0.25) is 5.89 Å². The number of hydrogen-bond donors (Lipinski definition) is 1. The Hall–Kier alpha value is -1.64. The third-order valence-electron chi connectivity index (χ3n) is 2.49. The summed E-state index contributed by atoms with van der Waals surface area (Å²) in [6.45, 7) is 1.51. The van der Waals surface area contributed by atoms with Gasteiger partial charge in [0.1, 0.15) is 5.75 Å². The first kappa shape index (κ1) is 15.7. The van der Waals surface area contributed by atoms with Crippen LogP contribution in [-0.2, 0) is 15.6 Å². The number of hydrogen-bond acceptors (Lipinski definition) is 6. The Bertz CT molecular complexity index is 816. The molecule has 1 N–H and O–H groups in total. The van der Waals surface area contributed by atoms with Crippen molar-refractivity contribution in [2.24, 2.45) is 0 Å². The normalized spacial score (nSPS) is 11.6. The number of nitrogens with zero attached hydrogens (tertiary/aromatic N) is 2. The van der Waals surface area contributed by atoms with E-state index in [0.29, 0.717) is 0 Å². The van der Waals surface area contributed by atoms with E-state index in [0.717, 1.165) is 12.1 Å². The number of aryl methyl sites for hydroxylation is 1. The third kappa shape index (κ3) is 3.17. The van der Waals surface area contributed by atoms with Crippen molar-refractivity contribution in [3.63, 3.8) is 0 Å². The molecular formula is C11H8Cl2N2O5S. The van der Waals surface area contributed by atoms with Crippen molar-refractivity contribution in [2.75, 3.05) is 0 Å². The lowest BCUT2D eigenvalue weighted by Gasteiger charge is -2.08. The van der Waals surface area contributed by atoms with Crippen molar-refractivity contribution in [3.8, 4) is 0 Å². The van der Waals surface area contributed by atoms with E-state index < -0.39 is 32.1 Å². The largest absolute Gasteiger partial charge is 0.478 e. The molecule has 1 aromatic carbocycles. The summed E-state index contributed by atoms with van der Waals surface area (Å²) in [5.41, 5.74) is -0.469. The van der Waals surface area contributed by atoms with Crippen LogP contribution in [0.4, 0.5) is 0 Å². The number of aromatic carboxylic acids is 1. The van der Waals surface area contributed by atoms with Gasteiger partial charge < -0.3 is 9.63 Å². The van der Waals surface area contributed by atoms with Gasteiger partial charge in [0, 0.05) is 6.92 Å². The van der Waals surface area contributed by atoms with Gasteiger partial charge in [-0.05, 0) is 12.1 Å². The van der Waals surface area contributed by atoms with Crippen molar-refractivity contribution < 1.29 is 22.8 Å². The molecule has 7 nitrogen and oxygen atoms in total. The average Bonchev–Trinajstić information content (AvgIpc) is 2.72. The molecule has 0 unspecified atom stereocenters. The number of benzene rings is 1. The molecule has 1 aromatic heterocycles. The van der Waals surface area contributed by atoms with E-state index in [1.807, 2.05) is 0 Å². The van der Waals surface area contributed by atoms with Crippen molar-refractivity contribution >= 4 is 39.0 Å². The van der Waals surface area contributed by atoms with Gasteiger partial charge in [-0.25, -0.2) is 13.2 Å². The van der Waals surface area contributed by atoms with Crippen LogP contribution < -0.4 is 0 Å². The molecule has 2 aromatic rings. The number of aromatic nitrogens is 2. The number of halogens is 2. The van der Waals surface area contributed by atoms with Crippen LogP contribution in [0.1, 0.15) is 22.1 Å². The Kier molecular flexibility index (Phi) is 4.22. The first-order valence-corrected chi connectivity index (χ1v) is 7.86. The Labute approximate surface area is 129 Å². The number of sulfone groups is 1. The maximum atomic E-state index is 12.3. The maximum absolute atomic E-state index is 12.3. The SMILES string of the molecule is Cc1nc(CS(=O)(=O)c2ccc(Cl)c(C(=O)O)c2Cl)no1. The van der Waals surface area contributed by atoms with Crippen LogP contribution in [0.15, 0.2) is 21.6 Å². The second-order valence-electron chi connectivity index (χ2n) is 4.03. The highest BCUT2D eigenvalue weighted by atomic mass is 35.5. The summed E-state index contributed by atoms with van der Waals surface area (Å²) in [4.78, 5) is 14.5. The minimum atomic E-state index is -3.94. The highest BCUT2D eigenvalue weighted by Crippen LogP contribution is 2.32. The molecule has 1 heterocycles. The van der Waals surface area contributed by atoms with E-state index in [1.54, 1.807) is 0 Å². The second-order valence-corrected chi connectivity index (χ2v) is 6.77. The molecule has 0 saturated carbocycles. The Balaban J connectivity index is 2.50. The first-order valence-electron chi connectivity index (χ1n) is 5.45. The fourth-order valence-electron chi connectivity index (χ4n) is 1.62. The molecule has 0 aliphatic rings. The van der Waals surface area contributed by atoms with Crippen LogP contribution in [0.3, 0.4) is 0 Å². The molecule has 0 atom stereocenters. The van der Waals surface area contributed by atoms with Crippen LogP contribution in [0, 0.1) is 6.92 Å². The van der Waals surface area contributed by atoms with Gasteiger partial charge in [-0.1, -0.05) is 28.4 Å². The molecule has 0 saturated heterocycles. The molecule has 112 valence electrons. The molecule has 21 heavy (non-hydrogen) atoms. The number of carboxylic acids is 1. The van der Waals surface area contributed by atoms with Crippen LogP contribution in [-0.4, -0.2) is 29.6 Å². The summed E-state index contributed by atoms with van der Waals surface area (Å²) in [6, 6.07) is 2.30. The highest BCUT2D eigenvalue weighted by molar-refractivity contribution is 7.90. The lowest BCUT2D eigenvalue weighted by atomic mass is 10.2. The van der Waals surface area contributed by atoms with Gasteiger partial charge in [0.25, 0.3) is 0 Å². The Morgan fingerprint density at radius 1 is 1.38 bits per heavy atom. The third-order valence-corrected chi connectivity index (χ3v) is 4.96. The number of carbonyl (C=O) groups is 1. The fourth-order valence-corrected chi connectivity index (χ4v) is 3.77. The van der Waals surface area contributed by atoms with Crippen LogP contribution in [0.2, 0.25) is 10.0 Å². The second kappa shape index (κ2) is 5.63. The van der Waals surface area contributed by atoms with E-state index in [1.165, 1.54) is 6.92 Å². The summed E-state index contributed by atoms with van der Waals surface area (Å²) < 4.78 is 29.2. The molecule has 0 aliphatic heterocycles. The standard InChI is InChI=1S/C11H8Cl2N2O5S/c1-5-14-8(15-20-5)4-21(18,19)7-3-2-6(12)9(10(7)13)11(16)17/h2-3H,4H2,1H3,(H,16,17). The monoisotopic (exact) mass is 350 g/mol. The van der Waals surface area contributed by atoms with Crippen molar-refractivity contribution in [3.05, 3.63) is 39.5 Å². The van der Waals surface area contributed by atoms with E-state index in [2.05, 4.69) is 14.7 Å². The summed E-state index contributed by atoms with van der Waals surface area (Å²) in [5.74, 6) is -1.81. The fraction of sp³-hybridized carbons (Fsp3) is 0.182. The van der Waals surface area contributed by atoms with Gasteiger partial charge in [-0.15, -0.1) is 0 Å². The Morgan fingerprint density at radius 2 is 2.05 bits per heavy atom. The molecule has 10 heteroatoms. The molecule has 0 bridgehead atoms. The lowest BCUT2D eigenvalue weighted by molar-refractivity contribution is 0.0697. The van der Waals surface area contributed by atoms with Crippen LogP contribution in [0.5, 0.6) is 0 Å². The van der Waals surface area contributed by atoms with E-state index in [4.69, 9.17) is 28.3 Å². The molecule has 0 aliphatic carbocycles. The summed E-state index contributed by atoms with van der Waals surface area (Å²) in [5, 5.41) is 11.9. The molecule has 0 radical (unpaired) electrons. The molecule has 0 fully saturated rings. The van der Waals surface area contributed by atoms with Crippen molar-refractivity contribution in [2.45, 2.75) is 17.6 Å². The predicted molar refractivity (Wildman–Crippen MR) is 73.3 cm³/mol. The quantitative estimate of drug-likeness (QED) is 0.900. The van der Waals surface area contributed by atoms with Crippen LogP contribution >= 0.6 is 23.2 Å². The zero-order valence-corrected chi connectivity index (χ0v) is 12.8. The topological polar surface area (TPSA) is 110 Å². The van der Waals surface area contributed by atoms with Gasteiger partial charge in [-0.2, -0.15) is 4.98 Å². The minimum Gasteiger partial charge on any atom is -0.478 e. The van der Waals surface area contributed by atoms with Gasteiger partial charge >= 0.3 is 5.97 Å². The smallest absolute Gasteiger partial charge is 0.338 e. The molecule has 0 amide bonds. The highest BCUT2D eigenvalue weighted by Gasteiger charge is 2.26.